The van der Waals surface area contributed by atoms with Gasteiger partial charge < -0.3 is 15.1 Å². The molecule has 150 valence electrons. The molecule has 1 N–H and O–H groups in total. The molecule has 0 aromatic heterocycles. The van der Waals surface area contributed by atoms with Gasteiger partial charge in [0.2, 0.25) is 11.8 Å². The van der Waals surface area contributed by atoms with Crippen LogP contribution in [0.15, 0.2) is 30.3 Å². The van der Waals surface area contributed by atoms with Crippen LogP contribution in [0.25, 0.3) is 0 Å². The molecule has 6 heteroatoms. The van der Waals surface area contributed by atoms with Crippen LogP contribution in [-0.4, -0.2) is 60.9 Å². The number of benzene rings is 1. The van der Waals surface area contributed by atoms with E-state index in [9.17, 15) is 9.59 Å². The van der Waals surface area contributed by atoms with E-state index in [0.717, 1.165) is 32.4 Å². The van der Waals surface area contributed by atoms with Gasteiger partial charge in [-0.05, 0) is 50.3 Å². The molecule has 2 amide bonds. The Kier molecular flexibility index (Phi) is 9.08. The van der Waals surface area contributed by atoms with E-state index in [4.69, 9.17) is 0 Å². The molecule has 2 fully saturated rings. The zero-order chi connectivity index (χ0) is 18.2. The highest BCUT2D eigenvalue weighted by atomic mass is 35.5. The molecule has 1 atom stereocenters. The summed E-state index contributed by atoms with van der Waals surface area (Å²) in [6.45, 7) is 4.88. The van der Waals surface area contributed by atoms with Crippen LogP contribution in [0.3, 0.4) is 0 Å². The Morgan fingerprint density at radius 2 is 1.59 bits per heavy atom. The van der Waals surface area contributed by atoms with Gasteiger partial charge in [-0.2, -0.15) is 0 Å². The number of piperazine rings is 1. The average Bonchev–Trinajstić information content (AvgIpc) is 3.20. The molecular formula is C21H32ClN3O2. The molecule has 27 heavy (non-hydrogen) atoms. The quantitative estimate of drug-likeness (QED) is 0.774. The van der Waals surface area contributed by atoms with E-state index in [-0.39, 0.29) is 24.2 Å². The highest BCUT2D eigenvalue weighted by Gasteiger charge is 2.24. The van der Waals surface area contributed by atoms with E-state index in [1.54, 1.807) is 0 Å². The number of aryl methyl sites for hydroxylation is 1. The number of hydrogen-bond donors (Lipinski definition) is 1. The summed E-state index contributed by atoms with van der Waals surface area (Å²) in [6.07, 6.45) is 5.26. The summed E-state index contributed by atoms with van der Waals surface area (Å²) in [5.41, 5.74) is 1.29. The number of hydrogen-bond acceptors (Lipinski definition) is 3. The van der Waals surface area contributed by atoms with Gasteiger partial charge in [0.05, 0.1) is 0 Å². The molecule has 3 rings (SSSR count). The standard InChI is InChI=1S/C21H31N3O2.ClH/c25-20(8-4-7-18-5-2-1-3-6-18)23-13-15-24(16-14-23)21(26)10-9-19-11-12-22-17-19;/h1-3,5-6,19,22H,4,7-17H2;1H. The molecule has 2 aliphatic heterocycles. The van der Waals surface area contributed by atoms with Crippen molar-refractivity contribution in [2.45, 2.75) is 38.5 Å². The first-order chi connectivity index (χ1) is 12.7. The van der Waals surface area contributed by atoms with E-state index in [2.05, 4.69) is 17.4 Å². The van der Waals surface area contributed by atoms with E-state index in [1.165, 1.54) is 12.0 Å². The van der Waals surface area contributed by atoms with Gasteiger partial charge in [-0.1, -0.05) is 30.3 Å². The third-order valence-electron chi connectivity index (χ3n) is 5.61. The zero-order valence-corrected chi connectivity index (χ0v) is 16.9. The molecule has 0 aliphatic carbocycles. The van der Waals surface area contributed by atoms with E-state index in [0.29, 0.717) is 44.9 Å². The van der Waals surface area contributed by atoms with Crippen LogP contribution < -0.4 is 5.32 Å². The lowest BCUT2D eigenvalue weighted by Gasteiger charge is -2.35. The highest BCUT2D eigenvalue weighted by molar-refractivity contribution is 5.85. The minimum Gasteiger partial charge on any atom is -0.339 e. The molecular weight excluding hydrogens is 362 g/mol. The van der Waals surface area contributed by atoms with Gasteiger partial charge >= 0.3 is 0 Å². The molecule has 5 nitrogen and oxygen atoms in total. The van der Waals surface area contributed by atoms with Crippen molar-refractivity contribution in [1.82, 2.24) is 15.1 Å². The lowest BCUT2D eigenvalue weighted by atomic mass is 10.0. The Hall–Kier alpha value is -1.59. The van der Waals surface area contributed by atoms with Crippen molar-refractivity contribution >= 4 is 24.2 Å². The molecule has 2 heterocycles. The van der Waals surface area contributed by atoms with E-state index < -0.39 is 0 Å². The van der Waals surface area contributed by atoms with Crippen LogP contribution in [0.5, 0.6) is 0 Å². The molecule has 1 aromatic rings. The maximum Gasteiger partial charge on any atom is 0.222 e. The Labute approximate surface area is 168 Å². The number of carbonyl (C=O) groups excluding carboxylic acids is 2. The van der Waals surface area contributed by atoms with Crippen LogP contribution >= 0.6 is 12.4 Å². The normalized spacial score (nSPS) is 19.6. The average molecular weight is 394 g/mol. The van der Waals surface area contributed by atoms with E-state index in [1.807, 2.05) is 28.0 Å². The van der Waals surface area contributed by atoms with Crippen LogP contribution in [0.4, 0.5) is 0 Å². The van der Waals surface area contributed by atoms with Crippen LogP contribution in [0, 0.1) is 5.92 Å². The Morgan fingerprint density at radius 1 is 0.963 bits per heavy atom. The highest BCUT2D eigenvalue weighted by Crippen LogP contribution is 2.16. The van der Waals surface area contributed by atoms with Crippen molar-refractivity contribution < 1.29 is 9.59 Å². The van der Waals surface area contributed by atoms with Gasteiger partial charge in [0.1, 0.15) is 0 Å². The number of halogens is 1. The maximum atomic E-state index is 12.4. The van der Waals surface area contributed by atoms with Gasteiger partial charge in [0.15, 0.2) is 0 Å². The number of nitrogens with zero attached hydrogens (tertiary/aromatic N) is 2. The molecule has 0 saturated carbocycles. The zero-order valence-electron chi connectivity index (χ0n) is 16.1. The molecule has 1 aromatic carbocycles. The van der Waals surface area contributed by atoms with Crippen molar-refractivity contribution in [3.8, 4) is 0 Å². The number of carbonyl (C=O) groups is 2. The Morgan fingerprint density at radius 3 is 2.19 bits per heavy atom. The first-order valence-electron chi connectivity index (χ1n) is 10.0. The molecule has 0 bridgehead atoms. The van der Waals surface area contributed by atoms with Gasteiger partial charge in [-0.15, -0.1) is 12.4 Å². The maximum absolute atomic E-state index is 12.4. The van der Waals surface area contributed by atoms with Crippen molar-refractivity contribution in [2.75, 3.05) is 39.3 Å². The smallest absolute Gasteiger partial charge is 0.222 e. The van der Waals surface area contributed by atoms with Crippen molar-refractivity contribution in [2.24, 2.45) is 5.92 Å². The molecule has 2 saturated heterocycles. The monoisotopic (exact) mass is 393 g/mol. The van der Waals surface area contributed by atoms with Gasteiger partial charge in [0.25, 0.3) is 0 Å². The topological polar surface area (TPSA) is 52.7 Å². The molecule has 0 radical (unpaired) electrons. The molecule has 1 unspecified atom stereocenters. The lowest BCUT2D eigenvalue weighted by molar-refractivity contribution is -0.139. The first kappa shape index (κ1) is 21.7. The van der Waals surface area contributed by atoms with Crippen molar-refractivity contribution in [3.05, 3.63) is 35.9 Å². The second kappa shape index (κ2) is 11.3. The van der Waals surface area contributed by atoms with Crippen molar-refractivity contribution in [1.29, 1.82) is 0 Å². The second-order valence-electron chi connectivity index (χ2n) is 7.50. The van der Waals surface area contributed by atoms with Crippen molar-refractivity contribution in [3.63, 3.8) is 0 Å². The van der Waals surface area contributed by atoms with E-state index >= 15 is 0 Å². The molecule has 0 spiro atoms. The number of nitrogens with one attached hydrogen (secondary N) is 1. The van der Waals surface area contributed by atoms with Crippen LogP contribution in [0.1, 0.15) is 37.7 Å². The summed E-state index contributed by atoms with van der Waals surface area (Å²) in [5, 5.41) is 3.35. The summed E-state index contributed by atoms with van der Waals surface area (Å²) in [7, 11) is 0. The summed E-state index contributed by atoms with van der Waals surface area (Å²) in [4.78, 5) is 28.6. The predicted molar refractivity (Wildman–Crippen MR) is 110 cm³/mol. The third-order valence-corrected chi connectivity index (χ3v) is 5.61. The lowest BCUT2D eigenvalue weighted by Crippen LogP contribution is -2.50. The third kappa shape index (κ3) is 6.82. The van der Waals surface area contributed by atoms with Gasteiger partial charge in [-0.3, -0.25) is 9.59 Å². The van der Waals surface area contributed by atoms with Gasteiger partial charge in [-0.25, -0.2) is 0 Å². The summed E-state index contributed by atoms with van der Waals surface area (Å²) in [5.74, 6) is 1.14. The summed E-state index contributed by atoms with van der Waals surface area (Å²) in [6, 6.07) is 10.3. The van der Waals surface area contributed by atoms with Crippen LogP contribution in [0.2, 0.25) is 0 Å². The predicted octanol–water partition coefficient (Wildman–Crippen LogP) is 2.49. The summed E-state index contributed by atoms with van der Waals surface area (Å²) >= 11 is 0. The fraction of sp³-hybridized carbons (Fsp3) is 0.619. The minimum absolute atomic E-state index is 0. The number of rotatable bonds is 7. The fourth-order valence-electron chi connectivity index (χ4n) is 3.90. The minimum atomic E-state index is 0. The Balaban J connectivity index is 0.00000261. The molecule has 2 aliphatic rings. The second-order valence-corrected chi connectivity index (χ2v) is 7.50. The van der Waals surface area contributed by atoms with Gasteiger partial charge in [0, 0.05) is 39.0 Å². The summed E-state index contributed by atoms with van der Waals surface area (Å²) < 4.78 is 0. The van der Waals surface area contributed by atoms with Crippen LogP contribution in [-0.2, 0) is 16.0 Å². The SMILES string of the molecule is Cl.O=C(CCCc1ccccc1)N1CCN(C(=O)CCC2CCNC2)CC1. The fourth-order valence-corrected chi connectivity index (χ4v) is 3.90. The first-order valence-corrected chi connectivity index (χ1v) is 10.0. The Bertz CT molecular complexity index is 582. The number of amides is 2. The largest absolute Gasteiger partial charge is 0.339 e.